The molecule has 0 saturated heterocycles. The van der Waals surface area contributed by atoms with Gasteiger partial charge in [0.15, 0.2) is 11.6 Å². The fourth-order valence-corrected chi connectivity index (χ4v) is 3.68. The highest BCUT2D eigenvalue weighted by molar-refractivity contribution is 6.54. The number of nitrogens with one attached hydrogen (secondary N) is 1. The van der Waals surface area contributed by atoms with E-state index in [1.165, 1.54) is 10.6 Å². The third-order valence-corrected chi connectivity index (χ3v) is 5.88. The van der Waals surface area contributed by atoms with E-state index >= 15 is 0 Å². The number of benzene rings is 2. The van der Waals surface area contributed by atoms with Crippen LogP contribution in [0.5, 0.6) is 11.5 Å². The molecular formula is C21H22F2N2O3Si. The van der Waals surface area contributed by atoms with Crippen molar-refractivity contribution >= 4 is 14.9 Å². The van der Waals surface area contributed by atoms with Crippen LogP contribution in [0, 0.1) is 18.6 Å². The first-order chi connectivity index (χ1) is 13.8. The van der Waals surface area contributed by atoms with Crippen LogP contribution >= 0.6 is 0 Å². The Balaban J connectivity index is 2.07. The Morgan fingerprint density at radius 3 is 2.55 bits per heavy atom. The van der Waals surface area contributed by atoms with Gasteiger partial charge in [0.25, 0.3) is 14.8 Å². The topological polar surface area (TPSA) is 63.5 Å². The first-order valence-corrected chi connectivity index (χ1v) is 11.1. The standard InChI is InChI=1S/C21H22F2N2O3Si/c1-4-29(27)24-17-8-14(15-7-13(2)21(26)25(3)12-15)9-18(11-17)28-20-6-5-16(22)10-19(20)23/h5-12,24,27,29H,4H2,1-3H3. The van der Waals surface area contributed by atoms with Crippen molar-refractivity contribution in [3.05, 3.63) is 76.2 Å². The average Bonchev–Trinajstić information content (AvgIpc) is 2.67. The fourth-order valence-electron chi connectivity index (χ4n) is 2.92. The van der Waals surface area contributed by atoms with Crippen molar-refractivity contribution < 1.29 is 18.3 Å². The van der Waals surface area contributed by atoms with Crippen molar-refractivity contribution in [3.63, 3.8) is 0 Å². The summed E-state index contributed by atoms with van der Waals surface area (Å²) in [5.41, 5.74) is 2.60. The lowest BCUT2D eigenvalue weighted by Crippen LogP contribution is -2.22. The van der Waals surface area contributed by atoms with Gasteiger partial charge in [-0.25, -0.2) is 8.78 Å². The molecule has 1 unspecified atom stereocenters. The van der Waals surface area contributed by atoms with Crippen molar-refractivity contribution in [3.8, 4) is 22.6 Å². The van der Waals surface area contributed by atoms with Gasteiger partial charge in [-0.2, -0.15) is 0 Å². The van der Waals surface area contributed by atoms with Gasteiger partial charge in [0.1, 0.15) is 11.6 Å². The maximum absolute atomic E-state index is 14.0. The second-order valence-corrected chi connectivity index (χ2v) is 8.96. The highest BCUT2D eigenvalue weighted by atomic mass is 28.3. The van der Waals surface area contributed by atoms with Crippen molar-refractivity contribution in [1.82, 2.24) is 4.57 Å². The van der Waals surface area contributed by atoms with Gasteiger partial charge in [-0.15, -0.1) is 0 Å². The minimum absolute atomic E-state index is 0.0956. The smallest absolute Gasteiger partial charge is 0.278 e. The zero-order valence-electron chi connectivity index (χ0n) is 16.4. The molecule has 3 aromatic rings. The van der Waals surface area contributed by atoms with E-state index < -0.39 is 20.8 Å². The van der Waals surface area contributed by atoms with E-state index in [2.05, 4.69) is 4.98 Å². The summed E-state index contributed by atoms with van der Waals surface area (Å²) in [6, 6.07) is 10.6. The monoisotopic (exact) mass is 416 g/mol. The van der Waals surface area contributed by atoms with Crippen molar-refractivity contribution in [2.24, 2.45) is 7.05 Å². The maximum Gasteiger partial charge on any atom is 0.278 e. The first kappa shape index (κ1) is 20.8. The van der Waals surface area contributed by atoms with Gasteiger partial charge in [0.05, 0.1) is 0 Å². The second kappa shape index (κ2) is 8.58. The van der Waals surface area contributed by atoms with E-state index in [4.69, 9.17) is 4.74 Å². The number of pyridine rings is 1. The Labute approximate surface area is 169 Å². The molecule has 1 aromatic heterocycles. The Hall–Kier alpha value is -2.97. The lowest BCUT2D eigenvalue weighted by molar-refractivity contribution is 0.438. The maximum atomic E-state index is 14.0. The zero-order valence-corrected chi connectivity index (χ0v) is 17.5. The van der Waals surface area contributed by atoms with Crippen LogP contribution in [-0.4, -0.2) is 18.6 Å². The number of aromatic nitrogens is 1. The molecule has 1 heterocycles. The number of halogens is 2. The fraction of sp³-hybridized carbons (Fsp3) is 0.190. The predicted molar refractivity (Wildman–Crippen MR) is 112 cm³/mol. The lowest BCUT2D eigenvalue weighted by Gasteiger charge is -2.15. The largest absolute Gasteiger partial charge is 0.454 e. The summed E-state index contributed by atoms with van der Waals surface area (Å²) in [5, 5.41) is 0. The van der Waals surface area contributed by atoms with Crippen molar-refractivity contribution in [2.75, 3.05) is 4.98 Å². The Morgan fingerprint density at radius 1 is 1.14 bits per heavy atom. The van der Waals surface area contributed by atoms with E-state index in [0.29, 0.717) is 23.0 Å². The van der Waals surface area contributed by atoms with Crippen LogP contribution in [0.3, 0.4) is 0 Å². The Bertz CT molecular complexity index is 1080. The summed E-state index contributed by atoms with van der Waals surface area (Å²) in [5.74, 6) is -1.30. The summed E-state index contributed by atoms with van der Waals surface area (Å²) in [7, 11) is -0.490. The molecule has 0 bridgehead atoms. The molecule has 0 aliphatic heterocycles. The Kier molecular flexibility index (Phi) is 6.14. The molecule has 2 aromatic carbocycles. The molecule has 152 valence electrons. The van der Waals surface area contributed by atoms with E-state index in [1.807, 2.05) is 13.0 Å². The number of nitrogens with zero attached hydrogens (tertiary/aromatic N) is 1. The van der Waals surface area contributed by atoms with Gasteiger partial charge in [-0.1, -0.05) is 6.92 Å². The number of hydrogen-bond acceptors (Lipinski definition) is 4. The van der Waals surface area contributed by atoms with Gasteiger partial charge in [0.2, 0.25) is 0 Å². The highest BCUT2D eigenvalue weighted by Gasteiger charge is 2.12. The molecule has 0 radical (unpaired) electrons. The summed E-state index contributed by atoms with van der Waals surface area (Å²) in [4.78, 5) is 25.2. The van der Waals surface area contributed by atoms with Crippen LogP contribution < -0.4 is 15.3 Å². The summed E-state index contributed by atoms with van der Waals surface area (Å²) >= 11 is 0. The van der Waals surface area contributed by atoms with Crippen LogP contribution in [0.25, 0.3) is 11.1 Å². The molecule has 0 fully saturated rings. The Morgan fingerprint density at radius 2 is 1.90 bits per heavy atom. The second-order valence-electron chi connectivity index (χ2n) is 6.82. The third kappa shape index (κ3) is 4.90. The van der Waals surface area contributed by atoms with Crippen molar-refractivity contribution in [1.29, 1.82) is 0 Å². The molecule has 1 atom stereocenters. The molecule has 0 spiro atoms. The molecular weight excluding hydrogens is 394 g/mol. The van der Waals surface area contributed by atoms with E-state index in [0.717, 1.165) is 23.3 Å². The number of ether oxygens (including phenoxy) is 1. The van der Waals surface area contributed by atoms with E-state index in [1.54, 1.807) is 38.4 Å². The molecule has 2 N–H and O–H groups in total. The van der Waals surface area contributed by atoms with Crippen LogP contribution in [0.15, 0.2) is 53.5 Å². The number of rotatable bonds is 6. The zero-order chi connectivity index (χ0) is 21.1. The van der Waals surface area contributed by atoms with Gasteiger partial charge in [-0.3, -0.25) is 4.79 Å². The van der Waals surface area contributed by atoms with Crippen LogP contribution in [0.2, 0.25) is 6.04 Å². The normalized spacial score (nSPS) is 11.9. The number of hydrogen-bond donors (Lipinski definition) is 2. The minimum Gasteiger partial charge on any atom is -0.454 e. The van der Waals surface area contributed by atoms with Crippen LogP contribution in [0.4, 0.5) is 14.5 Å². The molecule has 0 aliphatic carbocycles. The van der Waals surface area contributed by atoms with E-state index in [9.17, 15) is 18.4 Å². The predicted octanol–water partition coefficient (Wildman–Crippen LogP) is 4.08. The summed E-state index contributed by atoms with van der Waals surface area (Å²) in [6.45, 7) is 3.61. The molecule has 0 amide bonds. The minimum atomic E-state index is -2.16. The quantitative estimate of drug-likeness (QED) is 0.595. The first-order valence-electron chi connectivity index (χ1n) is 9.17. The SMILES string of the molecule is CC[SiH](O)Nc1cc(Oc2ccc(F)cc2F)cc(-c2cc(C)c(=O)n(C)c2)c1. The third-order valence-electron chi connectivity index (χ3n) is 4.44. The van der Waals surface area contributed by atoms with Gasteiger partial charge in [-0.05, 0) is 54.4 Å². The van der Waals surface area contributed by atoms with Crippen LogP contribution in [0.1, 0.15) is 12.5 Å². The lowest BCUT2D eigenvalue weighted by atomic mass is 10.0. The van der Waals surface area contributed by atoms with Gasteiger partial charge >= 0.3 is 0 Å². The highest BCUT2D eigenvalue weighted by Crippen LogP contribution is 2.32. The average molecular weight is 417 g/mol. The molecule has 0 aliphatic rings. The van der Waals surface area contributed by atoms with Crippen LogP contribution in [-0.2, 0) is 7.05 Å². The molecule has 0 saturated carbocycles. The van der Waals surface area contributed by atoms with Gasteiger partial charge < -0.3 is 19.1 Å². The van der Waals surface area contributed by atoms with E-state index in [-0.39, 0.29) is 11.3 Å². The number of anilines is 1. The molecule has 3 rings (SSSR count). The summed E-state index contributed by atoms with van der Waals surface area (Å²) in [6.07, 6.45) is 1.70. The summed E-state index contributed by atoms with van der Waals surface area (Å²) < 4.78 is 34.3. The molecule has 8 heteroatoms. The van der Waals surface area contributed by atoms with Gasteiger partial charge in [0, 0.05) is 36.6 Å². The number of aryl methyl sites for hydroxylation is 2. The molecule has 29 heavy (non-hydrogen) atoms. The molecule has 5 nitrogen and oxygen atoms in total. The van der Waals surface area contributed by atoms with Crippen molar-refractivity contribution in [2.45, 2.75) is 19.9 Å².